The number of carbonyl (C=O) groups is 1. The smallest absolute Gasteiger partial charge is 0.162 e. The van der Waals surface area contributed by atoms with Crippen LogP contribution in [-0.2, 0) is 21.9 Å². The lowest BCUT2D eigenvalue weighted by molar-refractivity contribution is -0.127. The fraction of sp³-hybridized carbons (Fsp3) is 0.381. The third-order valence-electron chi connectivity index (χ3n) is 3.88. The minimum Gasteiger partial charge on any atom is -0.369 e. The highest BCUT2D eigenvalue weighted by atomic mass is 32.2. The fourth-order valence-corrected chi connectivity index (χ4v) is 3.72. The molecule has 3 heteroatoms. The van der Waals surface area contributed by atoms with Gasteiger partial charge in [0.05, 0.1) is 6.61 Å². The molecule has 0 spiro atoms. The predicted octanol–water partition coefficient (Wildman–Crippen LogP) is 5.12. The van der Waals surface area contributed by atoms with Crippen LogP contribution in [0.15, 0.2) is 60.7 Å². The Morgan fingerprint density at radius 3 is 2.25 bits per heavy atom. The summed E-state index contributed by atoms with van der Waals surface area (Å²) in [6.07, 6.45) is 1.97. The van der Waals surface area contributed by atoms with Crippen LogP contribution >= 0.6 is 11.8 Å². The van der Waals surface area contributed by atoms with Gasteiger partial charge in [-0.25, -0.2) is 0 Å². The van der Waals surface area contributed by atoms with E-state index < -0.39 is 0 Å². The fourth-order valence-electron chi connectivity index (χ4n) is 2.54. The van der Waals surface area contributed by atoms with Crippen molar-refractivity contribution in [3.8, 4) is 0 Å². The van der Waals surface area contributed by atoms with E-state index in [0.717, 1.165) is 29.9 Å². The molecule has 0 fully saturated rings. The Morgan fingerprint density at radius 1 is 1.00 bits per heavy atom. The maximum Gasteiger partial charge on any atom is 0.162 e. The molecule has 128 valence electrons. The second-order valence-electron chi connectivity index (χ2n) is 5.93. The van der Waals surface area contributed by atoms with Gasteiger partial charge in [-0.1, -0.05) is 74.0 Å². The van der Waals surface area contributed by atoms with E-state index in [9.17, 15) is 4.79 Å². The van der Waals surface area contributed by atoms with Crippen molar-refractivity contribution in [2.45, 2.75) is 32.1 Å². The Morgan fingerprint density at radius 2 is 1.62 bits per heavy atom. The number of thioether (sulfide) groups is 1. The average Bonchev–Trinajstić information content (AvgIpc) is 2.63. The largest absolute Gasteiger partial charge is 0.369 e. The maximum absolute atomic E-state index is 12.4. The molecule has 0 saturated carbocycles. The molecule has 2 aromatic carbocycles. The van der Waals surface area contributed by atoms with E-state index in [-0.39, 0.29) is 18.3 Å². The van der Waals surface area contributed by atoms with Crippen LogP contribution in [0.5, 0.6) is 0 Å². The molecule has 1 unspecified atom stereocenters. The van der Waals surface area contributed by atoms with Crippen LogP contribution in [0.25, 0.3) is 0 Å². The molecule has 0 amide bonds. The molecule has 24 heavy (non-hydrogen) atoms. The van der Waals surface area contributed by atoms with Crippen LogP contribution in [0.4, 0.5) is 0 Å². The normalized spacial score (nSPS) is 12.0. The molecule has 2 aromatic rings. The van der Waals surface area contributed by atoms with Gasteiger partial charge in [-0.2, -0.15) is 11.8 Å². The Bertz CT molecular complexity index is 583. The van der Waals surface area contributed by atoms with Crippen molar-refractivity contribution >= 4 is 17.5 Å². The summed E-state index contributed by atoms with van der Waals surface area (Å²) in [5.41, 5.74) is 2.42. The van der Waals surface area contributed by atoms with Crippen molar-refractivity contribution in [1.82, 2.24) is 0 Å². The van der Waals surface area contributed by atoms with Crippen LogP contribution in [0.1, 0.15) is 30.9 Å². The van der Waals surface area contributed by atoms with Gasteiger partial charge in [0.1, 0.15) is 6.61 Å². The SMILES string of the molecule is CCCC(CSCc1ccccc1)C(=O)COCc1ccccc1. The minimum atomic E-state index is 0.0967. The van der Waals surface area contributed by atoms with Gasteiger partial charge in [-0.05, 0) is 17.5 Å². The molecular weight excluding hydrogens is 316 g/mol. The van der Waals surface area contributed by atoms with Crippen LogP contribution < -0.4 is 0 Å². The minimum absolute atomic E-state index is 0.0967. The number of hydrogen-bond donors (Lipinski definition) is 0. The van der Waals surface area contributed by atoms with Crippen LogP contribution in [0, 0.1) is 5.92 Å². The van der Waals surface area contributed by atoms with E-state index in [1.165, 1.54) is 5.56 Å². The molecule has 2 rings (SSSR count). The summed E-state index contributed by atoms with van der Waals surface area (Å²) < 4.78 is 5.61. The van der Waals surface area contributed by atoms with E-state index in [0.29, 0.717) is 6.61 Å². The number of ketones is 1. The molecule has 0 radical (unpaired) electrons. The molecule has 0 heterocycles. The first-order valence-electron chi connectivity index (χ1n) is 8.55. The highest BCUT2D eigenvalue weighted by Gasteiger charge is 2.17. The van der Waals surface area contributed by atoms with Crippen LogP contribution in [-0.4, -0.2) is 18.1 Å². The first-order valence-corrected chi connectivity index (χ1v) is 9.71. The second kappa shape index (κ2) is 11.1. The number of benzene rings is 2. The molecule has 0 saturated heterocycles. The van der Waals surface area contributed by atoms with Gasteiger partial charge in [0.15, 0.2) is 5.78 Å². The Balaban J connectivity index is 1.73. The first kappa shape index (κ1) is 18.8. The van der Waals surface area contributed by atoms with Crippen molar-refractivity contribution in [1.29, 1.82) is 0 Å². The summed E-state index contributed by atoms with van der Waals surface area (Å²) in [4.78, 5) is 12.4. The highest BCUT2D eigenvalue weighted by molar-refractivity contribution is 7.98. The predicted molar refractivity (Wildman–Crippen MR) is 102 cm³/mol. The Labute approximate surface area is 149 Å². The van der Waals surface area contributed by atoms with E-state index in [1.54, 1.807) is 0 Å². The van der Waals surface area contributed by atoms with Gasteiger partial charge in [-0.3, -0.25) is 4.79 Å². The average molecular weight is 343 g/mol. The monoisotopic (exact) mass is 342 g/mol. The summed E-state index contributed by atoms with van der Waals surface area (Å²) in [6.45, 7) is 2.85. The molecule has 0 aromatic heterocycles. The highest BCUT2D eigenvalue weighted by Crippen LogP contribution is 2.19. The molecule has 2 nitrogen and oxygen atoms in total. The van der Waals surface area contributed by atoms with Crippen molar-refractivity contribution in [2.24, 2.45) is 5.92 Å². The maximum atomic E-state index is 12.4. The van der Waals surface area contributed by atoms with Gasteiger partial charge >= 0.3 is 0 Å². The summed E-state index contributed by atoms with van der Waals surface area (Å²) >= 11 is 1.84. The zero-order chi connectivity index (χ0) is 17.0. The lowest BCUT2D eigenvalue weighted by Crippen LogP contribution is -2.22. The molecule has 0 aliphatic heterocycles. The van der Waals surface area contributed by atoms with Crippen molar-refractivity contribution in [3.05, 3.63) is 71.8 Å². The van der Waals surface area contributed by atoms with Crippen molar-refractivity contribution < 1.29 is 9.53 Å². The van der Waals surface area contributed by atoms with Gasteiger partial charge < -0.3 is 4.74 Å². The Hall–Kier alpha value is -1.58. The number of rotatable bonds is 11. The van der Waals surface area contributed by atoms with Gasteiger partial charge in [0.25, 0.3) is 0 Å². The molecule has 0 bridgehead atoms. The summed E-state index contributed by atoms with van der Waals surface area (Å²) in [6, 6.07) is 20.4. The molecule has 0 N–H and O–H groups in total. The third-order valence-corrected chi connectivity index (χ3v) is 5.05. The van der Waals surface area contributed by atoms with E-state index in [4.69, 9.17) is 4.74 Å². The zero-order valence-corrected chi connectivity index (χ0v) is 15.1. The van der Waals surface area contributed by atoms with Gasteiger partial charge in [-0.15, -0.1) is 0 Å². The first-order chi connectivity index (χ1) is 11.8. The second-order valence-corrected chi connectivity index (χ2v) is 6.96. The van der Waals surface area contributed by atoms with Gasteiger partial charge in [0, 0.05) is 17.4 Å². The molecular formula is C21H26O2S. The summed E-state index contributed by atoms with van der Waals surface area (Å²) in [5, 5.41) is 0. The lowest BCUT2D eigenvalue weighted by Gasteiger charge is -2.15. The topological polar surface area (TPSA) is 26.3 Å². The molecule has 0 aliphatic carbocycles. The lowest BCUT2D eigenvalue weighted by atomic mass is 10.0. The number of carbonyl (C=O) groups excluding carboxylic acids is 1. The summed E-state index contributed by atoms with van der Waals surface area (Å²) in [7, 11) is 0. The number of hydrogen-bond acceptors (Lipinski definition) is 3. The zero-order valence-electron chi connectivity index (χ0n) is 14.3. The van der Waals surface area contributed by atoms with Crippen molar-refractivity contribution in [2.75, 3.05) is 12.4 Å². The number of ether oxygens (including phenoxy) is 1. The standard InChI is InChI=1S/C21H26O2S/c1-2-9-20(17-24-16-19-12-7-4-8-13-19)21(22)15-23-14-18-10-5-3-6-11-18/h3-8,10-13,20H,2,9,14-17H2,1H3. The Kier molecular flexibility index (Phi) is 8.64. The van der Waals surface area contributed by atoms with E-state index in [2.05, 4.69) is 31.2 Å². The quantitative estimate of drug-likeness (QED) is 0.567. The number of Topliss-reactive ketones (excluding diaryl/α,β-unsaturated/α-hetero) is 1. The third kappa shape index (κ3) is 6.90. The van der Waals surface area contributed by atoms with E-state index >= 15 is 0 Å². The molecule has 1 atom stereocenters. The van der Waals surface area contributed by atoms with Gasteiger partial charge in [0.2, 0.25) is 0 Å². The van der Waals surface area contributed by atoms with E-state index in [1.807, 2.05) is 48.2 Å². The van der Waals surface area contributed by atoms with Crippen molar-refractivity contribution in [3.63, 3.8) is 0 Å². The molecule has 0 aliphatic rings. The van der Waals surface area contributed by atoms with Crippen LogP contribution in [0.3, 0.4) is 0 Å². The van der Waals surface area contributed by atoms with Crippen LogP contribution in [0.2, 0.25) is 0 Å². The summed E-state index contributed by atoms with van der Waals surface area (Å²) in [5.74, 6) is 2.16.